The van der Waals surface area contributed by atoms with E-state index in [4.69, 9.17) is 4.74 Å². The van der Waals surface area contributed by atoms with Gasteiger partial charge in [0.15, 0.2) is 0 Å². The fourth-order valence-electron chi connectivity index (χ4n) is 2.76. The van der Waals surface area contributed by atoms with Crippen LogP contribution in [0.5, 0.6) is 0 Å². The average Bonchev–Trinajstić information content (AvgIpc) is 2.48. The van der Waals surface area contributed by atoms with Gasteiger partial charge in [-0.05, 0) is 49.4 Å². The van der Waals surface area contributed by atoms with E-state index in [1.54, 1.807) is 0 Å². The quantitative estimate of drug-likeness (QED) is 0.882. The first-order valence-electron chi connectivity index (χ1n) is 7.08. The maximum Gasteiger partial charge on any atom is 0.227 e. The lowest BCUT2D eigenvalue weighted by Crippen LogP contribution is -2.28. The smallest absolute Gasteiger partial charge is 0.227 e. The standard InChI is InChI=1S/C15H20N2O2.ClH/c18-15(11-5-8-19-9-6-11)17-13-3-4-14-12(10-13)2-1-7-16-14;/h3-4,10-11,16H,1-2,5-9H2,(H,17,18);1H. The number of benzene rings is 1. The Hall–Kier alpha value is -1.26. The van der Waals surface area contributed by atoms with Crippen LogP contribution in [-0.2, 0) is 16.0 Å². The van der Waals surface area contributed by atoms with E-state index in [1.165, 1.54) is 11.3 Å². The van der Waals surface area contributed by atoms with Gasteiger partial charge in [0.1, 0.15) is 0 Å². The van der Waals surface area contributed by atoms with Gasteiger partial charge in [-0.15, -0.1) is 12.4 Å². The molecular formula is C15H21ClN2O2. The highest BCUT2D eigenvalue weighted by molar-refractivity contribution is 5.93. The van der Waals surface area contributed by atoms with E-state index in [2.05, 4.69) is 22.8 Å². The second kappa shape index (κ2) is 6.95. The van der Waals surface area contributed by atoms with E-state index in [0.717, 1.165) is 37.9 Å². The molecule has 0 aromatic heterocycles. The molecular weight excluding hydrogens is 276 g/mol. The maximum absolute atomic E-state index is 12.2. The van der Waals surface area contributed by atoms with Crippen LogP contribution in [0.3, 0.4) is 0 Å². The van der Waals surface area contributed by atoms with Gasteiger partial charge < -0.3 is 15.4 Å². The number of carbonyl (C=O) groups excluding carboxylic acids is 1. The molecule has 2 aliphatic heterocycles. The van der Waals surface area contributed by atoms with Gasteiger partial charge in [0, 0.05) is 37.1 Å². The van der Waals surface area contributed by atoms with Crippen LogP contribution in [-0.4, -0.2) is 25.7 Å². The number of anilines is 2. The van der Waals surface area contributed by atoms with Crippen LogP contribution < -0.4 is 10.6 Å². The summed E-state index contributed by atoms with van der Waals surface area (Å²) in [6, 6.07) is 6.14. The van der Waals surface area contributed by atoms with Crippen molar-refractivity contribution in [3.05, 3.63) is 23.8 Å². The molecule has 1 aromatic carbocycles. The van der Waals surface area contributed by atoms with Gasteiger partial charge in [-0.1, -0.05) is 0 Å². The van der Waals surface area contributed by atoms with Gasteiger partial charge in [0.2, 0.25) is 5.91 Å². The van der Waals surface area contributed by atoms with Gasteiger partial charge in [0.05, 0.1) is 0 Å². The molecule has 1 saturated heterocycles. The van der Waals surface area contributed by atoms with Crippen LogP contribution in [0, 0.1) is 5.92 Å². The largest absolute Gasteiger partial charge is 0.385 e. The molecule has 2 aliphatic rings. The third-order valence-corrected chi connectivity index (χ3v) is 3.90. The molecule has 110 valence electrons. The van der Waals surface area contributed by atoms with Crippen molar-refractivity contribution in [2.24, 2.45) is 5.92 Å². The molecule has 0 bridgehead atoms. The summed E-state index contributed by atoms with van der Waals surface area (Å²) in [5, 5.41) is 6.42. The van der Waals surface area contributed by atoms with Crippen molar-refractivity contribution in [2.75, 3.05) is 30.4 Å². The predicted molar refractivity (Wildman–Crippen MR) is 82.7 cm³/mol. The first-order valence-corrected chi connectivity index (χ1v) is 7.08. The van der Waals surface area contributed by atoms with Crippen molar-refractivity contribution in [3.8, 4) is 0 Å². The van der Waals surface area contributed by atoms with E-state index in [1.807, 2.05) is 6.07 Å². The van der Waals surface area contributed by atoms with Gasteiger partial charge in [-0.25, -0.2) is 0 Å². The number of aryl methyl sites for hydroxylation is 1. The molecule has 1 amide bonds. The van der Waals surface area contributed by atoms with Crippen LogP contribution >= 0.6 is 12.4 Å². The Labute approximate surface area is 125 Å². The van der Waals surface area contributed by atoms with Crippen molar-refractivity contribution < 1.29 is 9.53 Å². The number of fused-ring (bicyclic) bond motifs is 1. The maximum atomic E-state index is 12.2. The fraction of sp³-hybridized carbons (Fsp3) is 0.533. The summed E-state index contributed by atoms with van der Waals surface area (Å²) in [6.45, 7) is 2.44. The Kier molecular flexibility index (Phi) is 5.26. The van der Waals surface area contributed by atoms with E-state index in [-0.39, 0.29) is 24.2 Å². The van der Waals surface area contributed by atoms with Gasteiger partial charge in [0.25, 0.3) is 0 Å². The molecule has 5 heteroatoms. The minimum atomic E-state index is 0. The van der Waals surface area contributed by atoms with Gasteiger partial charge >= 0.3 is 0 Å². The number of hydrogen-bond acceptors (Lipinski definition) is 3. The summed E-state index contributed by atoms with van der Waals surface area (Å²) in [5.41, 5.74) is 3.42. The number of halogens is 1. The monoisotopic (exact) mass is 296 g/mol. The van der Waals surface area contributed by atoms with E-state index in [9.17, 15) is 4.79 Å². The van der Waals surface area contributed by atoms with Gasteiger partial charge in [-0.3, -0.25) is 4.79 Å². The van der Waals surface area contributed by atoms with Crippen molar-refractivity contribution in [2.45, 2.75) is 25.7 Å². The summed E-state index contributed by atoms with van der Waals surface area (Å²) in [5.74, 6) is 0.231. The number of ether oxygens (including phenoxy) is 1. The highest BCUT2D eigenvalue weighted by Gasteiger charge is 2.21. The van der Waals surface area contributed by atoms with E-state index < -0.39 is 0 Å². The summed E-state index contributed by atoms with van der Waals surface area (Å²) in [6.07, 6.45) is 3.91. The Bertz CT molecular complexity index is 473. The molecule has 0 radical (unpaired) electrons. The van der Waals surface area contributed by atoms with Crippen LogP contribution in [0.4, 0.5) is 11.4 Å². The molecule has 2 heterocycles. The lowest BCUT2D eigenvalue weighted by molar-refractivity contribution is -0.122. The highest BCUT2D eigenvalue weighted by atomic mass is 35.5. The SMILES string of the molecule is Cl.O=C(Nc1ccc2c(c1)CCCN2)C1CCOCC1. The first kappa shape index (κ1) is 15.1. The Morgan fingerprint density at radius 1 is 1.30 bits per heavy atom. The van der Waals surface area contributed by atoms with Crippen LogP contribution in [0.1, 0.15) is 24.8 Å². The molecule has 4 nitrogen and oxygen atoms in total. The molecule has 3 rings (SSSR count). The molecule has 0 atom stereocenters. The summed E-state index contributed by atoms with van der Waals surface area (Å²) < 4.78 is 5.29. The number of hydrogen-bond donors (Lipinski definition) is 2. The average molecular weight is 297 g/mol. The molecule has 0 unspecified atom stereocenters. The molecule has 0 saturated carbocycles. The minimum Gasteiger partial charge on any atom is -0.385 e. The Morgan fingerprint density at radius 2 is 2.10 bits per heavy atom. The first-order chi connectivity index (χ1) is 9.33. The summed E-state index contributed by atoms with van der Waals surface area (Å²) >= 11 is 0. The number of rotatable bonds is 2. The zero-order valence-corrected chi connectivity index (χ0v) is 12.3. The fourth-order valence-corrected chi connectivity index (χ4v) is 2.76. The molecule has 0 spiro atoms. The summed E-state index contributed by atoms with van der Waals surface area (Å²) in [7, 11) is 0. The van der Waals surface area contributed by atoms with Crippen molar-refractivity contribution >= 4 is 29.7 Å². The van der Waals surface area contributed by atoms with Crippen molar-refractivity contribution in [1.29, 1.82) is 0 Å². The minimum absolute atomic E-state index is 0. The predicted octanol–water partition coefficient (Wildman–Crippen LogP) is 2.83. The second-order valence-electron chi connectivity index (χ2n) is 5.28. The van der Waals surface area contributed by atoms with Crippen molar-refractivity contribution in [3.63, 3.8) is 0 Å². The molecule has 1 fully saturated rings. The molecule has 1 aromatic rings. The molecule has 0 aliphatic carbocycles. The third kappa shape index (κ3) is 3.44. The summed E-state index contributed by atoms with van der Waals surface area (Å²) in [4.78, 5) is 12.2. The highest BCUT2D eigenvalue weighted by Crippen LogP contribution is 2.26. The van der Waals surface area contributed by atoms with Crippen molar-refractivity contribution in [1.82, 2.24) is 0 Å². The van der Waals surface area contributed by atoms with E-state index in [0.29, 0.717) is 13.2 Å². The number of carbonyl (C=O) groups is 1. The normalized spacial score (nSPS) is 18.4. The van der Waals surface area contributed by atoms with Crippen LogP contribution in [0.25, 0.3) is 0 Å². The number of nitrogens with one attached hydrogen (secondary N) is 2. The van der Waals surface area contributed by atoms with E-state index >= 15 is 0 Å². The zero-order valence-electron chi connectivity index (χ0n) is 11.5. The lowest BCUT2D eigenvalue weighted by atomic mass is 9.99. The third-order valence-electron chi connectivity index (χ3n) is 3.90. The Morgan fingerprint density at radius 3 is 2.90 bits per heavy atom. The number of amides is 1. The Balaban J connectivity index is 0.00000147. The van der Waals surface area contributed by atoms with Crippen LogP contribution in [0.15, 0.2) is 18.2 Å². The van der Waals surface area contributed by atoms with Gasteiger partial charge in [-0.2, -0.15) is 0 Å². The topological polar surface area (TPSA) is 50.4 Å². The molecule has 20 heavy (non-hydrogen) atoms. The zero-order chi connectivity index (χ0) is 13.1. The second-order valence-corrected chi connectivity index (χ2v) is 5.28. The van der Waals surface area contributed by atoms with Crippen LogP contribution in [0.2, 0.25) is 0 Å². The molecule has 2 N–H and O–H groups in total. The lowest BCUT2D eigenvalue weighted by Gasteiger charge is -2.22.